The highest BCUT2D eigenvalue weighted by Crippen LogP contribution is 2.33. The molecule has 1 unspecified atom stereocenters. The van der Waals surface area contributed by atoms with E-state index in [1.807, 2.05) is 6.92 Å². The Labute approximate surface area is 131 Å². The molecule has 0 aliphatic carbocycles. The maximum Gasteiger partial charge on any atom is 0.154 e. The zero-order chi connectivity index (χ0) is 15.4. The van der Waals surface area contributed by atoms with E-state index >= 15 is 0 Å². The molecule has 21 heavy (non-hydrogen) atoms. The highest BCUT2D eigenvalue weighted by molar-refractivity contribution is 7.86. The fourth-order valence-corrected chi connectivity index (χ4v) is 3.13. The minimum absolute atomic E-state index is 0.550. The summed E-state index contributed by atoms with van der Waals surface area (Å²) in [7, 11) is 1.69. The molecule has 0 fully saturated rings. The van der Waals surface area contributed by atoms with Gasteiger partial charge in [-0.1, -0.05) is 11.6 Å². The number of anilines is 1. The molecule has 0 amide bonds. The number of benzene rings is 2. The van der Waals surface area contributed by atoms with Crippen LogP contribution in [-0.2, 0) is 11.0 Å². The lowest BCUT2D eigenvalue weighted by Crippen LogP contribution is -2.07. The normalized spacial score (nSPS) is 11.8. The molecule has 0 aliphatic heterocycles. The zero-order valence-electron chi connectivity index (χ0n) is 12.0. The second-order valence-electron chi connectivity index (χ2n) is 4.30. The smallest absolute Gasteiger partial charge is 0.154 e. The number of hydrogen-bond acceptors (Lipinski definition) is 3. The van der Waals surface area contributed by atoms with Crippen molar-refractivity contribution in [2.45, 2.75) is 11.8 Å². The molecule has 0 radical (unpaired) electrons. The van der Waals surface area contributed by atoms with Crippen LogP contribution in [0.4, 0.5) is 5.69 Å². The van der Waals surface area contributed by atoms with Gasteiger partial charge in [-0.3, -0.25) is 0 Å². The van der Waals surface area contributed by atoms with Gasteiger partial charge in [0.25, 0.3) is 0 Å². The predicted octanol–water partition coefficient (Wildman–Crippen LogP) is 3.80. The van der Waals surface area contributed by atoms with E-state index in [1.54, 1.807) is 50.6 Å². The lowest BCUT2D eigenvalue weighted by Gasteiger charge is -2.14. The van der Waals surface area contributed by atoms with Crippen molar-refractivity contribution >= 4 is 28.3 Å². The first-order chi connectivity index (χ1) is 10.1. The van der Waals surface area contributed by atoms with Crippen LogP contribution in [0.5, 0.6) is 11.5 Å². The van der Waals surface area contributed by atoms with E-state index in [0.29, 0.717) is 27.1 Å². The molecule has 0 spiro atoms. The van der Waals surface area contributed by atoms with E-state index in [2.05, 4.69) is 4.72 Å². The maximum absolute atomic E-state index is 12.5. The summed E-state index contributed by atoms with van der Waals surface area (Å²) in [6.07, 6.45) is 0. The van der Waals surface area contributed by atoms with E-state index in [1.165, 1.54) is 0 Å². The number of halogens is 1. The van der Waals surface area contributed by atoms with E-state index in [-0.39, 0.29) is 0 Å². The molecule has 0 heterocycles. The molecular weight excluding hydrogens is 310 g/mol. The number of nitrogens with one attached hydrogen (secondary N) is 1. The number of methoxy groups -OCH3 is 2. The predicted molar refractivity (Wildman–Crippen MR) is 85.8 cm³/mol. The summed E-state index contributed by atoms with van der Waals surface area (Å²) in [6, 6.07) is 10.5. The van der Waals surface area contributed by atoms with Crippen molar-refractivity contribution in [3.63, 3.8) is 0 Å². The average molecular weight is 326 g/mol. The first kappa shape index (κ1) is 15.7. The molecule has 0 bridgehead atoms. The van der Waals surface area contributed by atoms with Crippen molar-refractivity contribution in [3.05, 3.63) is 47.0 Å². The largest absolute Gasteiger partial charge is 0.496 e. The van der Waals surface area contributed by atoms with Gasteiger partial charge in [0.05, 0.1) is 14.2 Å². The van der Waals surface area contributed by atoms with E-state index in [9.17, 15) is 4.21 Å². The van der Waals surface area contributed by atoms with Gasteiger partial charge in [-0.2, -0.15) is 0 Å². The van der Waals surface area contributed by atoms with Crippen molar-refractivity contribution in [1.82, 2.24) is 0 Å². The molecule has 6 heteroatoms. The highest BCUT2D eigenvalue weighted by Gasteiger charge is 2.16. The number of ether oxygens (including phenoxy) is 2. The summed E-state index contributed by atoms with van der Waals surface area (Å²) in [5, 5.41) is 0.629. The molecule has 0 saturated carbocycles. The lowest BCUT2D eigenvalue weighted by molar-refractivity contribution is 0.381. The molecule has 0 aliphatic rings. The molecule has 1 atom stereocenters. The summed E-state index contributed by atoms with van der Waals surface area (Å²) in [5.41, 5.74) is 1.53. The molecule has 4 nitrogen and oxygen atoms in total. The first-order valence-corrected chi connectivity index (χ1v) is 7.75. The molecular formula is C15H16ClNO3S. The van der Waals surface area contributed by atoms with Crippen LogP contribution < -0.4 is 14.2 Å². The fraction of sp³-hybridized carbons (Fsp3) is 0.200. The Morgan fingerprint density at radius 2 is 1.71 bits per heavy atom. The van der Waals surface area contributed by atoms with Crippen LogP contribution in [0.1, 0.15) is 5.56 Å². The van der Waals surface area contributed by atoms with E-state index in [4.69, 9.17) is 21.1 Å². The quantitative estimate of drug-likeness (QED) is 0.909. The minimum Gasteiger partial charge on any atom is -0.496 e. The van der Waals surface area contributed by atoms with Gasteiger partial charge in [0.15, 0.2) is 11.0 Å². The van der Waals surface area contributed by atoms with Gasteiger partial charge in [0.2, 0.25) is 0 Å². The monoisotopic (exact) mass is 325 g/mol. The fourth-order valence-electron chi connectivity index (χ4n) is 1.95. The van der Waals surface area contributed by atoms with Gasteiger partial charge in [-0.15, -0.1) is 0 Å². The Morgan fingerprint density at radius 1 is 1.05 bits per heavy atom. The molecule has 0 aromatic heterocycles. The average Bonchev–Trinajstić information content (AvgIpc) is 2.49. The van der Waals surface area contributed by atoms with Crippen LogP contribution in [0.25, 0.3) is 0 Å². The van der Waals surface area contributed by atoms with Crippen LogP contribution in [-0.4, -0.2) is 18.4 Å². The summed E-state index contributed by atoms with van der Waals surface area (Å²) >= 11 is 5.83. The topological polar surface area (TPSA) is 47.6 Å². The summed E-state index contributed by atoms with van der Waals surface area (Å²) in [5.74, 6) is 1.24. The van der Waals surface area contributed by atoms with Gasteiger partial charge in [-0.05, 0) is 43.3 Å². The van der Waals surface area contributed by atoms with E-state index in [0.717, 1.165) is 5.56 Å². The summed E-state index contributed by atoms with van der Waals surface area (Å²) < 4.78 is 26.0. The SMILES string of the molecule is COc1ccc(S(=O)Nc2ccc(Cl)cc2)c(OC)c1C. The van der Waals surface area contributed by atoms with Gasteiger partial charge < -0.3 is 14.2 Å². The second-order valence-corrected chi connectivity index (χ2v) is 5.92. The maximum atomic E-state index is 12.5. The van der Waals surface area contributed by atoms with Crippen molar-refractivity contribution in [2.75, 3.05) is 18.9 Å². The molecule has 2 aromatic carbocycles. The molecule has 2 rings (SSSR count). The third-order valence-corrected chi connectivity index (χ3v) is 4.39. The van der Waals surface area contributed by atoms with Gasteiger partial charge in [0.1, 0.15) is 16.4 Å². The van der Waals surface area contributed by atoms with Crippen molar-refractivity contribution in [1.29, 1.82) is 0 Å². The minimum atomic E-state index is -1.45. The van der Waals surface area contributed by atoms with Crippen LogP contribution in [0.3, 0.4) is 0 Å². The Morgan fingerprint density at radius 3 is 2.29 bits per heavy atom. The summed E-state index contributed by atoms with van der Waals surface area (Å²) in [6.45, 7) is 1.86. The van der Waals surface area contributed by atoms with Crippen LogP contribution in [0, 0.1) is 6.92 Å². The second kappa shape index (κ2) is 6.83. The van der Waals surface area contributed by atoms with Crippen LogP contribution >= 0.6 is 11.6 Å². The summed E-state index contributed by atoms with van der Waals surface area (Å²) in [4.78, 5) is 0.561. The Hall–Kier alpha value is -1.72. The van der Waals surface area contributed by atoms with Crippen molar-refractivity contribution in [2.24, 2.45) is 0 Å². The number of rotatable bonds is 5. The Bertz CT molecular complexity index is 659. The molecule has 2 aromatic rings. The molecule has 112 valence electrons. The molecule has 0 saturated heterocycles. The number of hydrogen-bond donors (Lipinski definition) is 1. The Balaban J connectivity index is 2.30. The van der Waals surface area contributed by atoms with Crippen molar-refractivity contribution in [3.8, 4) is 11.5 Å². The lowest BCUT2D eigenvalue weighted by atomic mass is 10.2. The first-order valence-electron chi connectivity index (χ1n) is 6.22. The third-order valence-electron chi connectivity index (χ3n) is 3.00. The molecule has 1 N–H and O–H groups in total. The standard InChI is InChI=1S/C15H16ClNO3S/c1-10-13(19-2)8-9-14(15(10)20-3)21(18)17-12-6-4-11(16)5-7-12/h4-9,17H,1-3H3. The van der Waals surface area contributed by atoms with Crippen LogP contribution in [0.15, 0.2) is 41.3 Å². The highest BCUT2D eigenvalue weighted by atomic mass is 35.5. The Kier molecular flexibility index (Phi) is 5.09. The van der Waals surface area contributed by atoms with E-state index < -0.39 is 11.0 Å². The zero-order valence-corrected chi connectivity index (χ0v) is 13.5. The van der Waals surface area contributed by atoms with Crippen LogP contribution in [0.2, 0.25) is 5.02 Å². The van der Waals surface area contributed by atoms with Gasteiger partial charge >= 0.3 is 0 Å². The third kappa shape index (κ3) is 3.49. The van der Waals surface area contributed by atoms with Gasteiger partial charge in [0, 0.05) is 16.3 Å². The van der Waals surface area contributed by atoms with Gasteiger partial charge in [-0.25, -0.2) is 4.21 Å². The van der Waals surface area contributed by atoms with Crippen molar-refractivity contribution < 1.29 is 13.7 Å².